The third-order valence-electron chi connectivity index (χ3n) is 2.73. The lowest BCUT2D eigenvalue weighted by atomic mass is 10.2. The summed E-state index contributed by atoms with van der Waals surface area (Å²) in [5.41, 5.74) is 1.84. The molecule has 1 aromatic heterocycles. The number of ether oxygens (including phenoxy) is 1. The average Bonchev–Trinajstić information content (AvgIpc) is 2.85. The lowest BCUT2D eigenvalue weighted by molar-refractivity contribution is 0.115. The van der Waals surface area contributed by atoms with E-state index in [-0.39, 0.29) is 0 Å². The Hall–Kier alpha value is -1.66. The molecule has 5 nitrogen and oxygen atoms in total. The minimum absolute atomic E-state index is 0.633. The highest BCUT2D eigenvalue weighted by molar-refractivity contribution is 7.92. The van der Waals surface area contributed by atoms with Crippen LogP contribution in [0.3, 0.4) is 0 Å². The Bertz CT molecular complexity index is 665. The Balaban J connectivity index is 1.71. The molecule has 0 aliphatic rings. The van der Waals surface area contributed by atoms with Crippen LogP contribution in [-0.2, 0) is 27.6 Å². The fraction of sp³-hybridized carbons (Fsp3) is 0.400. The molecule has 1 aromatic carbocycles. The van der Waals surface area contributed by atoms with Crippen LogP contribution in [0.15, 0.2) is 47.1 Å². The number of hydrogen-bond donors (Lipinski definition) is 0. The van der Waals surface area contributed by atoms with E-state index < -0.39 is 9.73 Å². The summed E-state index contributed by atoms with van der Waals surface area (Å²) in [6.07, 6.45) is 7.55. The maximum Gasteiger partial charge on any atom is 0.111 e. The number of hydrogen-bond acceptors (Lipinski definition) is 4. The van der Waals surface area contributed by atoms with Crippen LogP contribution in [0.25, 0.3) is 0 Å². The molecule has 1 heterocycles. The number of benzene rings is 1. The van der Waals surface area contributed by atoms with Crippen molar-refractivity contribution in [2.45, 2.75) is 19.6 Å². The zero-order chi connectivity index (χ0) is 15.1. The first-order valence-electron chi connectivity index (χ1n) is 6.84. The molecule has 21 heavy (non-hydrogen) atoms. The van der Waals surface area contributed by atoms with Gasteiger partial charge in [0.2, 0.25) is 0 Å². The molecule has 0 atom stereocenters. The summed E-state index contributed by atoms with van der Waals surface area (Å²) >= 11 is 0. The van der Waals surface area contributed by atoms with Crippen molar-refractivity contribution < 1.29 is 8.95 Å². The highest BCUT2D eigenvalue weighted by atomic mass is 32.2. The second-order valence-corrected chi connectivity index (χ2v) is 7.67. The molecule has 0 fully saturated rings. The van der Waals surface area contributed by atoms with Crippen molar-refractivity contribution in [1.29, 1.82) is 0 Å². The van der Waals surface area contributed by atoms with Crippen molar-refractivity contribution in [3.8, 4) is 0 Å². The van der Waals surface area contributed by atoms with Gasteiger partial charge in [-0.2, -0.15) is 9.46 Å². The van der Waals surface area contributed by atoms with Gasteiger partial charge in [-0.25, -0.2) is 4.21 Å². The van der Waals surface area contributed by atoms with Gasteiger partial charge in [0.25, 0.3) is 0 Å². The smallest absolute Gasteiger partial charge is 0.111 e. The van der Waals surface area contributed by atoms with Gasteiger partial charge in [0.1, 0.15) is 5.69 Å². The SMILES string of the molecule is CS(C)(=O)=Nc1cnn(CCCOCc2ccccc2)c1. The Kier molecular flexibility index (Phi) is 5.52. The Labute approximate surface area is 126 Å². The molecule has 6 heteroatoms. The van der Waals surface area contributed by atoms with Gasteiger partial charge in [0.05, 0.1) is 19.0 Å². The summed E-state index contributed by atoms with van der Waals surface area (Å²) in [6, 6.07) is 10.1. The van der Waals surface area contributed by atoms with E-state index >= 15 is 0 Å². The van der Waals surface area contributed by atoms with Crippen LogP contribution in [0.2, 0.25) is 0 Å². The second-order valence-electron chi connectivity index (χ2n) is 5.13. The van der Waals surface area contributed by atoms with E-state index in [0.29, 0.717) is 18.9 Å². The van der Waals surface area contributed by atoms with Crippen molar-refractivity contribution in [2.75, 3.05) is 19.1 Å². The lowest BCUT2D eigenvalue weighted by Crippen LogP contribution is -2.03. The van der Waals surface area contributed by atoms with Crippen molar-refractivity contribution in [2.24, 2.45) is 4.36 Å². The molecular weight excluding hydrogens is 286 g/mol. The first kappa shape index (κ1) is 15.7. The van der Waals surface area contributed by atoms with E-state index in [2.05, 4.69) is 9.46 Å². The third kappa shape index (κ3) is 6.10. The van der Waals surface area contributed by atoms with Crippen LogP contribution in [0.4, 0.5) is 5.69 Å². The predicted octanol–water partition coefficient (Wildman–Crippen LogP) is 2.85. The summed E-state index contributed by atoms with van der Waals surface area (Å²) in [5, 5.41) is 4.20. The molecule has 0 unspecified atom stereocenters. The van der Waals surface area contributed by atoms with E-state index in [4.69, 9.17) is 4.74 Å². The Morgan fingerprint density at radius 2 is 2.05 bits per heavy atom. The molecule has 2 rings (SSSR count). The monoisotopic (exact) mass is 307 g/mol. The van der Waals surface area contributed by atoms with Crippen molar-refractivity contribution in [3.63, 3.8) is 0 Å². The van der Waals surface area contributed by atoms with Crippen LogP contribution >= 0.6 is 0 Å². The fourth-order valence-electron chi connectivity index (χ4n) is 1.87. The van der Waals surface area contributed by atoms with Gasteiger partial charge >= 0.3 is 0 Å². The van der Waals surface area contributed by atoms with Gasteiger partial charge < -0.3 is 4.74 Å². The highest BCUT2D eigenvalue weighted by Gasteiger charge is 1.99. The summed E-state index contributed by atoms with van der Waals surface area (Å²) in [7, 11) is -2.13. The van der Waals surface area contributed by atoms with E-state index in [0.717, 1.165) is 13.0 Å². The number of rotatable bonds is 7. The standard InChI is InChI=1S/C15H21N3O2S/c1-21(2,19)17-15-11-16-18(12-15)9-6-10-20-13-14-7-4-3-5-8-14/h3-5,7-8,11-12H,6,9-10,13H2,1-2H3. The largest absolute Gasteiger partial charge is 0.377 e. The van der Waals surface area contributed by atoms with Crippen molar-refractivity contribution in [3.05, 3.63) is 48.3 Å². The Morgan fingerprint density at radius 1 is 1.29 bits per heavy atom. The van der Waals surface area contributed by atoms with E-state index in [1.54, 1.807) is 23.4 Å². The summed E-state index contributed by atoms with van der Waals surface area (Å²) in [6.45, 7) is 2.08. The average molecular weight is 307 g/mol. The van der Waals surface area contributed by atoms with Crippen LogP contribution in [0.1, 0.15) is 12.0 Å². The van der Waals surface area contributed by atoms with Gasteiger partial charge in [0, 0.05) is 35.4 Å². The van der Waals surface area contributed by atoms with Gasteiger partial charge in [-0.15, -0.1) is 0 Å². The topological polar surface area (TPSA) is 56.5 Å². The zero-order valence-electron chi connectivity index (χ0n) is 12.4. The number of aromatic nitrogens is 2. The van der Waals surface area contributed by atoms with Gasteiger partial charge in [-0.05, 0) is 12.0 Å². The summed E-state index contributed by atoms with van der Waals surface area (Å²) in [4.78, 5) is 0. The number of nitrogens with zero attached hydrogens (tertiary/aromatic N) is 3. The first-order valence-corrected chi connectivity index (χ1v) is 9.17. The Morgan fingerprint density at radius 3 is 2.76 bits per heavy atom. The lowest BCUT2D eigenvalue weighted by Gasteiger charge is -2.04. The van der Waals surface area contributed by atoms with E-state index in [1.165, 1.54) is 5.56 Å². The summed E-state index contributed by atoms with van der Waals surface area (Å²) in [5.74, 6) is 0. The second kappa shape index (κ2) is 7.38. The molecule has 0 spiro atoms. The van der Waals surface area contributed by atoms with Crippen LogP contribution in [-0.4, -0.2) is 33.1 Å². The molecule has 2 aromatic rings. The molecule has 0 radical (unpaired) electrons. The van der Waals surface area contributed by atoms with Crippen molar-refractivity contribution in [1.82, 2.24) is 9.78 Å². The molecule has 0 saturated heterocycles. The normalized spacial score (nSPS) is 11.5. The molecular formula is C15H21N3O2S. The van der Waals surface area contributed by atoms with E-state index in [9.17, 15) is 4.21 Å². The molecule has 114 valence electrons. The quantitative estimate of drug-likeness (QED) is 0.739. The molecule has 0 N–H and O–H groups in total. The molecule has 0 aliphatic heterocycles. The van der Waals surface area contributed by atoms with Gasteiger partial charge in [-0.1, -0.05) is 30.3 Å². The minimum atomic E-state index is -2.13. The maximum atomic E-state index is 11.6. The molecule has 0 bridgehead atoms. The van der Waals surface area contributed by atoms with Crippen molar-refractivity contribution >= 4 is 15.4 Å². The summed E-state index contributed by atoms with van der Waals surface area (Å²) < 4.78 is 23.1. The highest BCUT2D eigenvalue weighted by Crippen LogP contribution is 2.12. The van der Waals surface area contributed by atoms with Crippen LogP contribution in [0.5, 0.6) is 0 Å². The van der Waals surface area contributed by atoms with Crippen LogP contribution < -0.4 is 0 Å². The molecule has 0 saturated carbocycles. The zero-order valence-corrected chi connectivity index (χ0v) is 13.3. The molecule has 0 amide bonds. The van der Waals surface area contributed by atoms with Gasteiger partial charge in [0.15, 0.2) is 0 Å². The predicted molar refractivity (Wildman–Crippen MR) is 85.0 cm³/mol. The minimum Gasteiger partial charge on any atom is -0.377 e. The fourth-order valence-corrected chi connectivity index (χ4v) is 2.47. The first-order chi connectivity index (χ1) is 10.0. The number of aryl methyl sites for hydroxylation is 1. The molecule has 0 aliphatic carbocycles. The van der Waals surface area contributed by atoms with Gasteiger partial charge in [-0.3, -0.25) is 4.68 Å². The third-order valence-corrected chi connectivity index (χ3v) is 3.38. The maximum absolute atomic E-state index is 11.6. The van der Waals surface area contributed by atoms with E-state index in [1.807, 2.05) is 36.5 Å². The van der Waals surface area contributed by atoms with Crippen LogP contribution in [0, 0.1) is 0 Å².